The van der Waals surface area contributed by atoms with Gasteiger partial charge in [0.25, 0.3) is 5.69 Å². The zero-order valence-corrected chi connectivity index (χ0v) is 12.7. The molecule has 1 N–H and O–H groups in total. The molecule has 2 unspecified atom stereocenters. The maximum atomic E-state index is 11.0. The number of hydrogen-bond acceptors (Lipinski definition) is 6. The van der Waals surface area contributed by atoms with Crippen LogP contribution in [0.5, 0.6) is 5.75 Å². The molecule has 0 bridgehead atoms. The summed E-state index contributed by atoms with van der Waals surface area (Å²) in [7, 11) is 0. The predicted octanol–water partition coefficient (Wildman–Crippen LogP) is 1.50. The number of ether oxygens (including phenoxy) is 2. The van der Waals surface area contributed by atoms with Gasteiger partial charge >= 0.3 is 0 Å². The van der Waals surface area contributed by atoms with E-state index in [2.05, 4.69) is 4.90 Å². The van der Waals surface area contributed by atoms with E-state index in [0.717, 1.165) is 0 Å². The van der Waals surface area contributed by atoms with Crippen LogP contribution in [0.3, 0.4) is 0 Å². The summed E-state index contributed by atoms with van der Waals surface area (Å²) < 4.78 is 11.2. The molecule has 3 rings (SSSR count). The fraction of sp³-hybridized carbons (Fsp3) is 0.600. The van der Waals surface area contributed by atoms with Gasteiger partial charge in [0.15, 0.2) is 0 Å². The summed E-state index contributed by atoms with van der Waals surface area (Å²) >= 11 is 0. The molecule has 1 saturated heterocycles. The van der Waals surface area contributed by atoms with Crippen LogP contribution in [0.15, 0.2) is 18.2 Å². The highest BCUT2D eigenvalue weighted by Gasteiger charge is 2.46. The highest BCUT2D eigenvalue weighted by molar-refractivity contribution is 5.48. The average molecular weight is 308 g/mol. The van der Waals surface area contributed by atoms with Gasteiger partial charge in [-0.05, 0) is 19.9 Å². The molecule has 2 heterocycles. The molecule has 2 aliphatic heterocycles. The molecular formula is C15H20N2O5. The minimum atomic E-state index is -0.778. The third-order valence-corrected chi connectivity index (χ3v) is 4.35. The van der Waals surface area contributed by atoms with Crippen LogP contribution in [0.25, 0.3) is 0 Å². The summed E-state index contributed by atoms with van der Waals surface area (Å²) in [5, 5.41) is 21.8. The molecule has 0 aliphatic carbocycles. The van der Waals surface area contributed by atoms with E-state index in [4.69, 9.17) is 9.47 Å². The predicted molar refractivity (Wildman–Crippen MR) is 78.9 cm³/mol. The Morgan fingerprint density at radius 2 is 2.05 bits per heavy atom. The van der Waals surface area contributed by atoms with Gasteiger partial charge in [-0.2, -0.15) is 0 Å². The van der Waals surface area contributed by atoms with E-state index in [1.54, 1.807) is 6.07 Å². The van der Waals surface area contributed by atoms with Crippen LogP contribution >= 0.6 is 0 Å². The van der Waals surface area contributed by atoms with Crippen LogP contribution in [-0.4, -0.2) is 52.9 Å². The average Bonchev–Trinajstić information content (AvgIpc) is 2.48. The summed E-state index contributed by atoms with van der Waals surface area (Å²) in [5.41, 5.74) is -0.0815. The molecule has 1 aromatic carbocycles. The van der Waals surface area contributed by atoms with Crippen LogP contribution in [0, 0.1) is 10.1 Å². The second kappa shape index (κ2) is 5.49. The lowest BCUT2D eigenvalue weighted by atomic mass is 9.85. The van der Waals surface area contributed by atoms with E-state index >= 15 is 0 Å². The molecule has 120 valence electrons. The number of benzene rings is 1. The number of nitrogens with zero attached hydrogens (tertiary/aromatic N) is 2. The van der Waals surface area contributed by atoms with Gasteiger partial charge in [-0.3, -0.25) is 15.0 Å². The Hall–Kier alpha value is -1.70. The second-order valence-corrected chi connectivity index (χ2v) is 6.22. The van der Waals surface area contributed by atoms with E-state index in [9.17, 15) is 15.2 Å². The molecular weight excluding hydrogens is 288 g/mol. The van der Waals surface area contributed by atoms with Crippen molar-refractivity contribution in [2.45, 2.75) is 31.6 Å². The fourth-order valence-corrected chi connectivity index (χ4v) is 3.12. The van der Waals surface area contributed by atoms with Gasteiger partial charge in [-0.15, -0.1) is 0 Å². The lowest BCUT2D eigenvalue weighted by Crippen LogP contribution is -2.55. The minimum absolute atomic E-state index is 0.00696. The second-order valence-electron chi connectivity index (χ2n) is 6.22. The number of nitro benzene ring substituents is 1. The van der Waals surface area contributed by atoms with Crippen molar-refractivity contribution < 1.29 is 19.5 Å². The van der Waals surface area contributed by atoms with Crippen LogP contribution in [0.4, 0.5) is 5.69 Å². The van der Waals surface area contributed by atoms with Crippen LogP contribution < -0.4 is 4.74 Å². The van der Waals surface area contributed by atoms with Crippen LogP contribution in [-0.2, 0) is 4.74 Å². The normalized spacial score (nSPS) is 27.8. The molecule has 0 amide bonds. The van der Waals surface area contributed by atoms with E-state index < -0.39 is 16.6 Å². The molecule has 0 radical (unpaired) electrons. The standard InChI is InChI=1S/C15H20N2O5/c1-15(2)14(18)13(16-5-7-21-8-6-16)11-9-10(17(19)20)3-4-12(11)22-15/h3-4,9,13-14,18H,5-8H2,1-2H3. The van der Waals surface area contributed by atoms with Gasteiger partial charge in [0.1, 0.15) is 17.5 Å². The van der Waals surface area contributed by atoms with Crippen molar-refractivity contribution in [2.24, 2.45) is 0 Å². The smallest absolute Gasteiger partial charge is 0.270 e. The van der Waals surface area contributed by atoms with Crippen molar-refractivity contribution in [3.63, 3.8) is 0 Å². The van der Waals surface area contributed by atoms with Gasteiger partial charge in [-0.25, -0.2) is 0 Å². The minimum Gasteiger partial charge on any atom is -0.485 e. The highest BCUT2D eigenvalue weighted by Crippen LogP contribution is 2.44. The fourth-order valence-electron chi connectivity index (χ4n) is 3.12. The molecule has 2 atom stereocenters. The van der Waals surface area contributed by atoms with Crippen molar-refractivity contribution in [3.05, 3.63) is 33.9 Å². The molecule has 1 aromatic rings. The first-order valence-corrected chi connectivity index (χ1v) is 7.37. The summed E-state index contributed by atoms with van der Waals surface area (Å²) in [4.78, 5) is 12.7. The van der Waals surface area contributed by atoms with Crippen LogP contribution in [0.1, 0.15) is 25.5 Å². The molecule has 0 aromatic heterocycles. The van der Waals surface area contributed by atoms with Crippen molar-refractivity contribution in [2.75, 3.05) is 26.3 Å². The van der Waals surface area contributed by atoms with E-state index in [0.29, 0.717) is 37.6 Å². The van der Waals surface area contributed by atoms with Gasteiger partial charge in [0.05, 0.1) is 24.2 Å². The monoisotopic (exact) mass is 308 g/mol. The Balaban J connectivity index is 2.06. The maximum Gasteiger partial charge on any atom is 0.270 e. The number of aliphatic hydroxyl groups is 1. The molecule has 7 heteroatoms. The number of hydrogen-bond donors (Lipinski definition) is 1. The first-order valence-electron chi connectivity index (χ1n) is 7.37. The van der Waals surface area contributed by atoms with E-state index in [1.165, 1.54) is 12.1 Å². The van der Waals surface area contributed by atoms with Gasteiger partial charge in [0, 0.05) is 30.8 Å². The summed E-state index contributed by atoms with van der Waals surface area (Å²) in [6.07, 6.45) is -0.778. The van der Waals surface area contributed by atoms with E-state index in [-0.39, 0.29) is 11.7 Å². The maximum absolute atomic E-state index is 11.0. The Bertz CT molecular complexity index is 583. The Kier molecular flexibility index (Phi) is 3.80. The lowest BCUT2D eigenvalue weighted by molar-refractivity contribution is -0.385. The lowest BCUT2D eigenvalue weighted by Gasteiger charge is -2.47. The molecule has 7 nitrogen and oxygen atoms in total. The molecule has 22 heavy (non-hydrogen) atoms. The molecule has 0 saturated carbocycles. The topological polar surface area (TPSA) is 85.1 Å². The van der Waals surface area contributed by atoms with Crippen molar-refractivity contribution in [3.8, 4) is 5.75 Å². The van der Waals surface area contributed by atoms with Crippen LogP contribution in [0.2, 0.25) is 0 Å². The first-order chi connectivity index (χ1) is 10.4. The first kappa shape index (κ1) is 15.2. The SMILES string of the molecule is CC1(C)Oc2ccc([N+](=O)[O-])cc2C(N2CCOCC2)C1O. The quantitative estimate of drug-likeness (QED) is 0.658. The molecule has 1 fully saturated rings. The summed E-state index contributed by atoms with van der Waals surface area (Å²) in [6, 6.07) is 4.23. The van der Waals surface area contributed by atoms with Gasteiger partial charge < -0.3 is 14.6 Å². The number of aliphatic hydroxyl groups excluding tert-OH is 1. The summed E-state index contributed by atoms with van der Waals surface area (Å²) in [6.45, 7) is 6.20. The van der Waals surface area contributed by atoms with Crippen molar-refractivity contribution in [1.29, 1.82) is 0 Å². The Morgan fingerprint density at radius 3 is 2.68 bits per heavy atom. The van der Waals surface area contributed by atoms with E-state index in [1.807, 2.05) is 13.8 Å². The highest BCUT2D eigenvalue weighted by atomic mass is 16.6. The number of fused-ring (bicyclic) bond motifs is 1. The van der Waals surface area contributed by atoms with Crippen molar-refractivity contribution in [1.82, 2.24) is 4.90 Å². The molecule has 0 spiro atoms. The van der Waals surface area contributed by atoms with Gasteiger partial charge in [-0.1, -0.05) is 0 Å². The largest absolute Gasteiger partial charge is 0.485 e. The Labute approximate surface area is 128 Å². The Morgan fingerprint density at radius 1 is 1.36 bits per heavy atom. The number of nitro groups is 1. The number of morpholine rings is 1. The number of non-ortho nitro benzene ring substituents is 1. The third-order valence-electron chi connectivity index (χ3n) is 4.35. The number of rotatable bonds is 2. The third kappa shape index (κ3) is 2.55. The zero-order chi connectivity index (χ0) is 15.9. The molecule has 2 aliphatic rings. The summed E-state index contributed by atoms with van der Waals surface area (Å²) in [5.74, 6) is 0.595. The van der Waals surface area contributed by atoms with Gasteiger partial charge in [0.2, 0.25) is 0 Å². The van der Waals surface area contributed by atoms with Crippen molar-refractivity contribution >= 4 is 5.69 Å². The zero-order valence-electron chi connectivity index (χ0n) is 12.7.